The van der Waals surface area contributed by atoms with E-state index in [1.165, 1.54) is 56.9 Å². The van der Waals surface area contributed by atoms with Gasteiger partial charge in [-0.2, -0.15) is 0 Å². The van der Waals surface area contributed by atoms with Crippen LogP contribution in [0.4, 0.5) is 0 Å². The van der Waals surface area contributed by atoms with E-state index in [1.807, 2.05) is 0 Å². The Labute approximate surface area is 132 Å². The molecule has 8 nitrogen and oxygen atoms in total. The smallest absolute Gasteiger partial charge is 0.184 e. The van der Waals surface area contributed by atoms with Gasteiger partial charge in [-0.25, -0.2) is 0 Å². The fraction of sp³-hybridized carbons (Fsp3) is 1.00. The van der Waals surface area contributed by atoms with E-state index in [0.717, 1.165) is 0 Å². The zero-order chi connectivity index (χ0) is 17.2. The van der Waals surface area contributed by atoms with Gasteiger partial charge in [0.05, 0.1) is 6.42 Å². The Kier molecular flexibility index (Phi) is 11.1. The maximum Gasteiger partial charge on any atom is 0.184 e. The van der Waals surface area contributed by atoms with Crippen LogP contribution >= 0.6 is 0 Å². The molecular weight excluding hydrogens is 296 g/mol. The van der Waals surface area contributed by atoms with Crippen molar-refractivity contribution in [3.63, 3.8) is 0 Å². The van der Waals surface area contributed by atoms with Gasteiger partial charge in [0.15, 0.2) is 24.7 Å². The average Bonchev–Trinajstić information content (AvgIpc) is 2.57. The number of methoxy groups -OCH3 is 8. The monoisotopic (exact) mass is 326 g/mol. The van der Waals surface area contributed by atoms with Gasteiger partial charge >= 0.3 is 0 Å². The van der Waals surface area contributed by atoms with Crippen LogP contribution in [-0.4, -0.2) is 81.5 Å². The van der Waals surface area contributed by atoms with Gasteiger partial charge in [0.2, 0.25) is 0 Å². The van der Waals surface area contributed by atoms with Crippen LogP contribution in [0.2, 0.25) is 0 Å². The molecule has 0 aliphatic rings. The van der Waals surface area contributed by atoms with Gasteiger partial charge in [-0.15, -0.1) is 0 Å². The summed E-state index contributed by atoms with van der Waals surface area (Å²) in [5.74, 6) is -1.75. The molecule has 0 aliphatic heterocycles. The van der Waals surface area contributed by atoms with Crippen LogP contribution in [0.1, 0.15) is 6.42 Å². The molecule has 0 rings (SSSR count). The Balaban J connectivity index is 5.71. The van der Waals surface area contributed by atoms with Gasteiger partial charge in [-0.05, 0) is 0 Å². The molecule has 0 N–H and O–H groups in total. The number of hydrogen-bond donors (Lipinski definition) is 0. The molecule has 0 bridgehead atoms. The van der Waals surface area contributed by atoms with Crippen molar-refractivity contribution in [2.45, 2.75) is 31.1 Å². The first-order valence-electron chi connectivity index (χ1n) is 6.81. The second-order valence-corrected chi connectivity index (χ2v) is 4.53. The molecule has 0 aliphatic carbocycles. The molecule has 0 heterocycles. The quantitative estimate of drug-likeness (QED) is 0.461. The van der Waals surface area contributed by atoms with Crippen LogP contribution in [0, 0.1) is 5.92 Å². The zero-order valence-corrected chi connectivity index (χ0v) is 14.8. The highest BCUT2D eigenvalue weighted by molar-refractivity contribution is 4.86. The fourth-order valence-corrected chi connectivity index (χ4v) is 2.48. The van der Waals surface area contributed by atoms with Gasteiger partial charge in [0, 0.05) is 56.9 Å². The van der Waals surface area contributed by atoms with E-state index >= 15 is 0 Å². The van der Waals surface area contributed by atoms with E-state index in [1.54, 1.807) is 0 Å². The summed E-state index contributed by atoms with van der Waals surface area (Å²) >= 11 is 0. The summed E-state index contributed by atoms with van der Waals surface area (Å²) in [6, 6.07) is 0. The standard InChI is InChI=1S/C14H30O8/c1-15-10(16-2)9-14(21-7,22-8)11(12(17-3)18-4)13(19-5)20-6/h10-13H,9H2,1-8H3. The first-order valence-corrected chi connectivity index (χ1v) is 6.81. The highest BCUT2D eigenvalue weighted by Gasteiger charge is 2.51. The van der Waals surface area contributed by atoms with Gasteiger partial charge in [0.25, 0.3) is 0 Å². The van der Waals surface area contributed by atoms with Gasteiger partial charge in [-0.3, -0.25) is 0 Å². The topological polar surface area (TPSA) is 73.8 Å². The molecule has 0 radical (unpaired) electrons. The van der Waals surface area contributed by atoms with Crippen LogP contribution in [-0.2, 0) is 37.9 Å². The van der Waals surface area contributed by atoms with Gasteiger partial charge < -0.3 is 37.9 Å². The van der Waals surface area contributed by atoms with Gasteiger partial charge in [-0.1, -0.05) is 0 Å². The molecule has 0 saturated heterocycles. The fourth-order valence-electron chi connectivity index (χ4n) is 2.48. The molecule has 0 spiro atoms. The highest BCUT2D eigenvalue weighted by atomic mass is 16.7. The van der Waals surface area contributed by atoms with Crippen molar-refractivity contribution in [1.29, 1.82) is 0 Å². The Morgan fingerprint density at radius 3 is 1.18 bits per heavy atom. The van der Waals surface area contributed by atoms with Crippen molar-refractivity contribution in [1.82, 2.24) is 0 Å². The average molecular weight is 326 g/mol. The third kappa shape index (κ3) is 5.10. The minimum absolute atomic E-state index is 0.254. The Morgan fingerprint density at radius 1 is 0.591 bits per heavy atom. The number of hydrogen-bond acceptors (Lipinski definition) is 8. The molecule has 134 valence electrons. The Bertz CT molecular complexity index is 248. The second kappa shape index (κ2) is 11.3. The third-order valence-corrected chi connectivity index (χ3v) is 3.69. The summed E-state index contributed by atoms with van der Waals surface area (Å²) in [4.78, 5) is 0. The summed E-state index contributed by atoms with van der Waals surface area (Å²) in [5, 5.41) is 0. The van der Waals surface area contributed by atoms with Crippen LogP contribution in [0.15, 0.2) is 0 Å². The summed E-state index contributed by atoms with van der Waals surface area (Å²) in [6.45, 7) is 0. The Hall–Kier alpha value is -0.320. The minimum Gasteiger partial charge on any atom is -0.356 e. The molecular formula is C14H30O8. The van der Waals surface area contributed by atoms with E-state index in [-0.39, 0.29) is 6.42 Å². The molecule has 0 atom stereocenters. The van der Waals surface area contributed by atoms with Crippen molar-refractivity contribution >= 4 is 0 Å². The van der Waals surface area contributed by atoms with E-state index in [2.05, 4.69) is 0 Å². The second-order valence-electron chi connectivity index (χ2n) is 4.53. The van der Waals surface area contributed by atoms with E-state index in [4.69, 9.17) is 37.9 Å². The molecule has 22 heavy (non-hydrogen) atoms. The largest absolute Gasteiger partial charge is 0.356 e. The maximum absolute atomic E-state index is 5.65. The van der Waals surface area contributed by atoms with E-state index < -0.39 is 30.6 Å². The first-order chi connectivity index (χ1) is 10.5. The lowest BCUT2D eigenvalue weighted by atomic mass is 9.92. The number of rotatable bonds is 13. The molecule has 0 saturated carbocycles. The van der Waals surface area contributed by atoms with Crippen molar-refractivity contribution in [3.05, 3.63) is 0 Å². The van der Waals surface area contributed by atoms with Crippen LogP contribution in [0.25, 0.3) is 0 Å². The lowest BCUT2D eigenvalue weighted by Gasteiger charge is -2.44. The predicted molar refractivity (Wildman–Crippen MR) is 78.3 cm³/mol. The first kappa shape index (κ1) is 21.7. The minimum atomic E-state index is -1.18. The zero-order valence-electron chi connectivity index (χ0n) is 14.8. The summed E-state index contributed by atoms with van der Waals surface area (Å²) < 4.78 is 43.3. The van der Waals surface area contributed by atoms with Gasteiger partial charge in [0.1, 0.15) is 5.92 Å². The maximum atomic E-state index is 5.65. The lowest BCUT2D eigenvalue weighted by molar-refractivity contribution is -0.351. The third-order valence-electron chi connectivity index (χ3n) is 3.69. The summed E-state index contributed by atoms with van der Waals surface area (Å²) in [7, 11) is 12.2. The van der Waals surface area contributed by atoms with E-state index in [9.17, 15) is 0 Å². The Morgan fingerprint density at radius 2 is 0.955 bits per heavy atom. The van der Waals surface area contributed by atoms with Crippen molar-refractivity contribution < 1.29 is 37.9 Å². The highest BCUT2D eigenvalue weighted by Crippen LogP contribution is 2.36. The van der Waals surface area contributed by atoms with Crippen molar-refractivity contribution in [3.8, 4) is 0 Å². The van der Waals surface area contributed by atoms with Crippen molar-refractivity contribution in [2.24, 2.45) is 5.92 Å². The predicted octanol–water partition coefficient (Wildman–Crippen LogP) is 0.839. The van der Waals surface area contributed by atoms with E-state index in [0.29, 0.717) is 0 Å². The van der Waals surface area contributed by atoms with Crippen LogP contribution in [0.3, 0.4) is 0 Å². The molecule has 0 fully saturated rings. The number of ether oxygens (including phenoxy) is 8. The molecule has 0 amide bonds. The van der Waals surface area contributed by atoms with Crippen LogP contribution < -0.4 is 0 Å². The van der Waals surface area contributed by atoms with Crippen LogP contribution in [0.5, 0.6) is 0 Å². The molecule has 0 unspecified atom stereocenters. The van der Waals surface area contributed by atoms with Crippen molar-refractivity contribution in [2.75, 3.05) is 56.9 Å². The normalized spacial score (nSPS) is 13.1. The molecule has 8 heteroatoms. The molecule has 0 aromatic heterocycles. The summed E-state index contributed by atoms with van der Waals surface area (Å²) in [6.07, 6.45) is -1.69. The molecule has 0 aromatic carbocycles. The lowest BCUT2D eigenvalue weighted by Crippen LogP contribution is -2.56. The SMILES string of the molecule is COC(CC(OC)(OC)C(C(OC)OC)C(OC)OC)OC. The molecule has 0 aromatic rings. The summed E-state index contributed by atoms with van der Waals surface area (Å²) in [5.41, 5.74) is 0.